The summed E-state index contributed by atoms with van der Waals surface area (Å²) in [7, 11) is 0. The summed E-state index contributed by atoms with van der Waals surface area (Å²) in [6, 6.07) is 43.1. The van der Waals surface area contributed by atoms with Gasteiger partial charge in [0.1, 0.15) is 0 Å². The summed E-state index contributed by atoms with van der Waals surface area (Å²) >= 11 is 0. The van der Waals surface area contributed by atoms with Crippen molar-refractivity contribution in [1.29, 1.82) is 0 Å². The van der Waals surface area contributed by atoms with E-state index in [2.05, 4.69) is 146 Å². The average Bonchev–Trinajstić information content (AvgIpc) is 3.10. The molecule has 0 bridgehead atoms. The highest BCUT2D eigenvalue weighted by atomic mass is 14.4. The molecule has 44 heavy (non-hydrogen) atoms. The van der Waals surface area contributed by atoms with Gasteiger partial charge in [-0.3, -0.25) is 0 Å². The SMILES string of the molecule is C1=CC2C(C3=c4ccccc4=C(C4=c5ccccc5=CCC4)CC3)=c3ccccc3=C(c3cccc4ccccc34)C2C=C1. The van der Waals surface area contributed by atoms with E-state index in [0.29, 0.717) is 5.92 Å². The third-order valence-electron chi connectivity index (χ3n) is 10.3. The maximum absolute atomic E-state index is 2.47. The van der Waals surface area contributed by atoms with Gasteiger partial charge in [0.15, 0.2) is 0 Å². The maximum Gasteiger partial charge on any atom is 0.0137 e. The predicted molar refractivity (Wildman–Crippen MR) is 185 cm³/mol. The van der Waals surface area contributed by atoms with Gasteiger partial charge >= 0.3 is 0 Å². The number of fused-ring (bicyclic) bond motifs is 5. The largest absolute Gasteiger partial charge is 0.0763 e. The molecule has 0 aliphatic heterocycles. The molecule has 0 nitrogen and oxygen atoms in total. The third-order valence-corrected chi connectivity index (χ3v) is 10.3. The number of rotatable bonds is 3. The van der Waals surface area contributed by atoms with E-state index in [0.717, 1.165) is 25.7 Å². The van der Waals surface area contributed by atoms with E-state index in [1.807, 2.05) is 0 Å². The summed E-state index contributed by atoms with van der Waals surface area (Å²) in [6.07, 6.45) is 16.3. The van der Waals surface area contributed by atoms with E-state index < -0.39 is 0 Å². The topological polar surface area (TPSA) is 0 Å². The number of hydrogen-bond donors (Lipinski definition) is 0. The molecule has 0 heterocycles. The smallest absolute Gasteiger partial charge is 0.0137 e. The molecule has 4 aliphatic carbocycles. The summed E-state index contributed by atoms with van der Waals surface area (Å²) in [5.74, 6) is 0.585. The molecule has 0 fully saturated rings. The highest BCUT2D eigenvalue weighted by molar-refractivity contribution is 6.00. The van der Waals surface area contributed by atoms with E-state index in [1.165, 1.54) is 64.4 Å². The Morgan fingerprint density at radius 3 is 1.82 bits per heavy atom. The van der Waals surface area contributed by atoms with E-state index in [4.69, 9.17) is 0 Å². The lowest BCUT2D eigenvalue weighted by Gasteiger charge is -2.35. The van der Waals surface area contributed by atoms with Gasteiger partial charge in [-0.1, -0.05) is 146 Å². The van der Waals surface area contributed by atoms with Crippen molar-refractivity contribution in [2.24, 2.45) is 11.8 Å². The first-order valence-electron chi connectivity index (χ1n) is 16.1. The molecule has 2 unspecified atom stereocenters. The summed E-state index contributed by atoms with van der Waals surface area (Å²) < 4.78 is 0. The van der Waals surface area contributed by atoms with Gasteiger partial charge in [-0.25, -0.2) is 0 Å². The molecule has 0 spiro atoms. The highest BCUT2D eigenvalue weighted by Gasteiger charge is 2.34. The zero-order chi connectivity index (χ0) is 29.0. The molecule has 0 radical (unpaired) electrons. The Kier molecular flexibility index (Phi) is 6.01. The Balaban J connectivity index is 1.41. The van der Waals surface area contributed by atoms with Crippen LogP contribution in [-0.2, 0) is 0 Å². The summed E-state index contributed by atoms with van der Waals surface area (Å²) in [5, 5.41) is 11.1. The first kappa shape index (κ1) is 25.5. The highest BCUT2D eigenvalue weighted by Crippen LogP contribution is 2.43. The van der Waals surface area contributed by atoms with Crippen molar-refractivity contribution in [2.45, 2.75) is 25.7 Å². The molecule has 2 atom stereocenters. The lowest BCUT2D eigenvalue weighted by molar-refractivity contribution is 0.688. The van der Waals surface area contributed by atoms with Gasteiger partial charge in [0, 0.05) is 11.8 Å². The lowest BCUT2D eigenvalue weighted by atomic mass is 9.68. The summed E-state index contributed by atoms with van der Waals surface area (Å²) in [6.45, 7) is 0. The minimum Gasteiger partial charge on any atom is -0.0763 e. The van der Waals surface area contributed by atoms with Crippen molar-refractivity contribution in [3.8, 4) is 0 Å². The molecule has 0 amide bonds. The molecule has 0 heteroatoms. The van der Waals surface area contributed by atoms with Crippen LogP contribution in [0.5, 0.6) is 0 Å². The molecule has 9 rings (SSSR count). The maximum atomic E-state index is 2.47. The molecule has 0 saturated heterocycles. The van der Waals surface area contributed by atoms with Crippen LogP contribution in [0.2, 0.25) is 0 Å². The van der Waals surface area contributed by atoms with Crippen LogP contribution >= 0.6 is 0 Å². The minimum atomic E-state index is 0.288. The van der Waals surface area contributed by atoms with Crippen LogP contribution in [0.1, 0.15) is 31.2 Å². The second kappa shape index (κ2) is 10.4. The number of hydrogen-bond acceptors (Lipinski definition) is 0. The van der Waals surface area contributed by atoms with Gasteiger partial charge in [0.05, 0.1) is 0 Å². The van der Waals surface area contributed by atoms with Crippen LogP contribution in [0.15, 0.2) is 140 Å². The van der Waals surface area contributed by atoms with Gasteiger partial charge in [0.2, 0.25) is 0 Å². The fourth-order valence-corrected chi connectivity index (χ4v) is 8.51. The minimum absolute atomic E-state index is 0.288. The third kappa shape index (κ3) is 3.91. The molecule has 4 aliphatic rings. The van der Waals surface area contributed by atoms with Gasteiger partial charge in [-0.05, 0) is 101 Å². The van der Waals surface area contributed by atoms with Gasteiger partial charge < -0.3 is 0 Å². The molecule has 0 aromatic heterocycles. The van der Waals surface area contributed by atoms with Gasteiger partial charge in [-0.15, -0.1) is 0 Å². The lowest BCUT2D eigenvalue weighted by Crippen LogP contribution is -2.43. The van der Waals surface area contributed by atoms with E-state index in [1.54, 1.807) is 11.1 Å². The zero-order valence-corrected chi connectivity index (χ0v) is 24.8. The molecule has 0 N–H and O–H groups in total. The number of allylic oxidation sites excluding steroid dienone is 4. The van der Waals surface area contributed by atoms with Crippen molar-refractivity contribution in [1.82, 2.24) is 0 Å². The standard InChI is InChI=1S/C44H34/c1-3-17-31-29(13-1)15-11-25-33(31)36-27-28-42(35-20-6-5-19-34(35)36)44-40-23-9-7-21-38(40)43(39-22-8-10-24-41(39)44)37-26-12-16-30-14-2-4-18-32(30)37/h1-10,12-24,26,38,40H,11,25,27-28H2. The van der Waals surface area contributed by atoms with E-state index in [9.17, 15) is 0 Å². The fourth-order valence-electron chi connectivity index (χ4n) is 8.51. The fraction of sp³-hybridized carbons (Fsp3) is 0.136. The van der Waals surface area contributed by atoms with Crippen molar-refractivity contribution >= 4 is 44.7 Å². The first-order valence-corrected chi connectivity index (χ1v) is 16.1. The monoisotopic (exact) mass is 562 g/mol. The number of benzene rings is 5. The zero-order valence-electron chi connectivity index (χ0n) is 24.8. The van der Waals surface area contributed by atoms with E-state index >= 15 is 0 Å². The van der Waals surface area contributed by atoms with Crippen molar-refractivity contribution in [3.63, 3.8) is 0 Å². The molecule has 0 saturated carbocycles. The van der Waals surface area contributed by atoms with Gasteiger partial charge in [0.25, 0.3) is 0 Å². The molecule has 5 aromatic carbocycles. The second-order valence-corrected chi connectivity index (χ2v) is 12.5. The Bertz CT molecular complexity index is 2440. The van der Waals surface area contributed by atoms with Crippen molar-refractivity contribution < 1.29 is 0 Å². The quantitative estimate of drug-likeness (QED) is 0.262. The molecular formula is C44H34. The Morgan fingerprint density at radius 2 is 1.00 bits per heavy atom. The predicted octanol–water partition coefficient (Wildman–Crippen LogP) is 5.78. The Hall–Kier alpha value is -4.94. The normalized spacial score (nSPS) is 20.1. The van der Waals surface area contributed by atoms with Crippen LogP contribution in [0.25, 0.3) is 44.7 Å². The van der Waals surface area contributed by atoms with Crippen molar-refractivity contribution in [2.75, 3.05) is 0 Å². The summed E-state index contributed by atoms with van der Waals surface area (Å²) in [4.78, 5) is 0. The summed E-state index contributed by atoms with van der Waals surface area (Å²) in [5.41, 5.74) is 8.96. The molecule has 210 valence electrons. The van der Waals surface area contributed by atoms with Crippen LogP contribution in [0, 0.1) is 11.8 Å². The Labute approximate surface area is 258 Å². The van der Waals surface area contributed by atoms with E-state index in [-0.39, 0.29) is 5.92 Å². The van der Waals surface area contributed by atoms with Crippen LogP contribution in [0.4, 0.5) is 0 Å². The van der Waals surface area contributed by atoms with Crippen LogP contribution in [-0.4, -0.2) is 0 Å². The van der Waals surface area contributed by atoms with Gasteiger partial charge in [-0.2, -0.15) is 0 Å². The average molecular weight is 563 g/mol. The van der Waals surface area contributed by atoms with Crippen LogP contribution in [0.3, 0.4) is 0 Å². The Morgan fingerprint density at radius 1 is 0.432 bits per heavy atom. The first-order chi connectivity index (χ1) is 21.9. The molecular weight excluding hydrogens is 528 g/mol. The van der Waals surface area contributed by atoms with Crippen molar-refractivity contribution in [3.05, 3.63) is 176 Å². The molecule has 5 aromatic rings. The second-order valence-electron chi connectivity index (χ2n) is 12.5. The van der Waals surface area contributed by atoms with Crippen LogP contribution < -0.4 is 31.3 Å².